The van der Waals surface area contributed by atoms with E-state index < -0.39 is 0 Å². The third-order valence-electron chi connectivity index (χ3n) is 4.52. The van der Waals surface area contributed by atoms with Gasteiger partial charge in [0.15, 0.2) is 0 Å². The molecule has 0 bridgehead atoms. The van der Waals surface area contributed by atoms with E-state index in [0.29, 0.717) is 0 Å². The largest absolute Gasteiger partial charge is 0.325 e. The average molecular weight is 253 g/mol. The van der Waals surface area contributed by atoms with E-state index in [1.54, 1.807) is 0 Å². The Morgan fingerprint density at radius 1 is 0.842 bits per heavy atom. The fourth-order valence-corrected chi connectivity index (χ4v) is 3.44. The van der Waals surface area contributed by atoms with Gasteiger partial charge in [-0.25, -0.2) is 0 Å². The maximum Gasteiger partial charge on any atom is 0.0195 e. The van der Waals surface area contributed by atoms with E-state index in [-0.39, 0.29) is 5.54 Å². The zero-order valence-electron chi connectivity index (χ0n) is 11.6. The predicted octanol–water partition coefficient (Wildman–Crippen LogP) is 4.43. The molecule has 2 N–H and O–H groups in total. The molecule has 2 aromatic rings. The Kier molecular flexibility index (Phi) is 3.56. The molecule has 0 heterocycles. The van der Waals surface area contributed by atoms with Gasteiger partial charge in [0, 0.05) is 5.54 Å². The first-order chi connectivity index (χ1) is 9.27. The third kappa shape index (κ3) is 2.82. The van der Waals surface area contributed by atoms with Crippen molar-refractivity contribution in [3.8, 4) is 0 Å². The monoisotopic (exact) mass is 253 g/mol. The molecule has 1 heteroatoms. The highest BCUT2D eigenvalue weighted by Crippen LogP contribution is 2.30. The van der Waals surface area contributed by atoms with Crippen LogP contribution in [0.4, 0.5) is 0 Å². The fraction of sp³-hybridized carbons (Fsp3) is 0.444. The molecule has 19 heavy (non-hydrogen) atoms. The first kappa shape index (κ1) is 12.7. The minimum absolute atomic E-state index is 0.0145. The highest BCUT2D eigenvalue weighted by molar-refractivity contribution is 5.85. The van der Waals surface area contributed by atoms with Crippen LogP contribution >= 0.6 is 0 Å². The van der Waals surface area contributed by atoms with Crippen molar-refractivity contribution in [2.75, 3.05) is 0 Å². The van der Waals surface area contributed by atoms with Gasteiger partial charge in [0.05, 0.1) is 0 Å². The van der Waals surface area contributed by atoms with Gasteiger partial charge in [-0.1, -0.05) is 68.1 Å². The van der Waals surface area contributed by atoms with Gasteiger partial charge in [-0.05, 0) is 35.6 Å². The Labute approximate surface area is 115 Å². The van der Waals surface area contributed by atoms with Crippen LogP contribution in [0.5, 0.6) is 0 Å². The summed E-state index contributed by atoms with van der Waals surface area (Å²) in [6.45, 7) is 0. The van der Waals surface area contributed by atoms with Crippen molar-refractivity contribution < 1.29 is 0 Å². The van der Waals surface area contributed by atoms with Gasteiger partial charge in [-0.2, -0.15) is 0 Å². The SMILES string of the molecule is NC1(Cc2cccc3ccccc23)CCCCCC1. The second kappa shape index (κ2) is 5.34. The molecule has 0 aromatic heterocycles. The summed E-state index contributed by atoms with van der Waals surface area (Å²) in [7, 11) is 0. The summed E-state index contributed by atoms with van der Waals surface area (Å²) in [6, 6.07) is 15.3. The molecule has 0 aliphatic heterocycles. The Morgan fingerprint density at radius 2 is 1.53 bits per heavy atom. The third-order valence-corrected chi connectivity index (χ3v) is 4.52. The van der Waals surface area contributed by atoms with Crippen molar-refractivity contribution in [1.82, 2.24) is 0 Å². The highest BCUT2D eigenvalue weighted by Gasteiger charge is 2.26. The lowest BCUT2D eigenvalue weighted by atomic mass is 9.83. The van der Waals surface area contributed by atoms with Gasteiger partial charge in [0.25, 0.3) is 0 Å². The maximum absolute atomic E-state index is 6.68. The summed E-state index contributed by atoms with van der Waals surface area (Å²) < 4.78 is 0. The number of hydrogen-bond donors (Lipinski definition) is 1. The Balaban J connectivity index is 1.92. The normalized spacial score (nSPS) is 19.2. The minimum Gasteiger partial charge on any atom is -0.325 e. The van der Waals surface area contributed by atoms with Crippen LogP contribution in [0.2, 0.25) is 0 Å². The number of fused-ring (bicyclic) bond motifs is 1. The molecule has 1 fully saturated rings. The summed E-state index contributed by atoms with van der Waals surface area (Å²) in [5, 5.41) is 2.70. The molecule has 1 aliphatic rings. The van der Waals surface area contributed by atoms with Gasteiger partial charge in [0.2, 0.25) is 0 Å². The maximum atomic E-state index is 6.68. The van der Waals surface area contributed by atoms with Crippen LogP contribution in [0, 0.1) is 0 Å². The van der Waals surface area contributed by atoms with E-state index in [4.69, 9.17) is 5.73 Å². The zero-order valence-corrected chi connectivity index (χ0v) is 11.6. The molecule has 1 nitrogen and oxygen atoms in total. The fourth-order valence-electron chi connectivity index (χ4n) is 3.44. The van der Waals surface area contributed by atoms with Gasteiger partial charge >= 0.3 is 0 Å². The van der Waals surface area contributed by atoms with Crippen LogP contribution in [-0.4, -0.2) is 5.54 Å². The van der Waals surface area contributed by atoms with E-state index in [1.807, 2.05) is 0 Å². The number of hydrogen-bond acceptors (Lipinski definition) is 1. The Hall–Kier alpha value is -1.34. The molecule has 0 saturated heterocycles. The molecular weight excluding hydrogens is 230 g/mol. The Bertz CT molecular complexity index is 545. The molecule has 0 amide bonds. The van der Waals surface area contributed by atoms with Gasteiger partial charge < -0.3 is 5.73 Å². The molecule has 1 aliphatic carbocycles. The molecule has 0 atom stereocenters. The van der Waals surface area contributed by atoms with Crippen molar-refractivity contribution >= 4 is 10.8 Å². The smallest absolute Gasteiger partial charge is 0.0195 e. The summed E-state index contributed by atoms with van der Waals surface area (Å²) in [5.74, 6) is 0. The summed E-state index contributed by atoms with van der Waals surface area (Å²) in [5.41, 5.74) is 8.12. The van der Waals surface area contributed by atoms with Crippen molar-refractivity contribution in [2.24, 2.45) is 5.73 Å². The van der Waals surface area contributed by atoms with Crippen molar-refractivity contribution in [2.45, 2.75) is 50.5 Å². The first-order valence-corrected chi connectivity index (χ1v) is 7.52. The van der Waals surface area contributed by atoms with Crippen LogP contribution in [0.1, 0.15) is 44.1 Å². The molecule has 1 saturated carbocycles. The van der Waals surface area contributed by atoms with Crippen LogP contribution in [0.15, 0.2) is 42.5 Å². The van der Waals surface area contributed by atoms with Gasteiger partial charge in [-0.15, -0.1) is 0 Å². The van der Waals surface area contributed by atoms with Crippen molar-refractivity contribution in [3.63, 3.8) is 0 Å². The number of benzene rings is 2. The van der Waals surface area contributed by atoms with E-state index in [2.05, 4.69) is 42.5 Å². The molecule has 0 spiro atoms. The van der Waals surface area contributed by atoms with Crippen molar-refractivity contribution in [3.05, 3.63) is 48.0 Å². The Morgan fingerprint density at radius 3 is 2.32 bits per heavy atom. The standard InChI is InChI=1S/C18H23N/c19-18(12-5-1-2-6-13-18)14-16-10-7-9-15-8-3-4-11-17(15)16/h3-4,7-11H,1-2,5-6,12-14,19H2. The molecule has 2 aromatic carbocycles. The van der Waals surface area contributed by atoms with Crippen molar-refractivity contribution in [1.29, 1.82) is 0 Å². The topological polar surface area (TPSA) is 26.0 Å². The molecule has 3 rings (SSSR count). The minimum atomic E-state index is 0.0145. The first-order valence-electron chi connectivity index (χ1n) is 7.52. The summed E-state index contributed by atoms with van der Waals surface area (Å²) >= 11 is 0. The van der Waals surface area contributed by atoms with Crippen LogP contribution in [-0.2, 0) is 6.42 Å². The predicted molar refractivity (Wildman–Crippen MR) is 82.3 cm³/mol. The molecule has 0 radical (unpaired) electrons. The van der Waals surface area contributed by atoms with Gasteiger partial charge in [-0.3, -0.25) is 0 Å². The molecule has 100 valence electrons. The lowest BCUT2D eigenvalue weighted by molar-refractivity contribution is 0.370. The van der Waals surface area contributed by atoms with E-state index in [9.17, 15) is 0 Å². The highest BCUT2D eigenvalue weighted by atomic mass is 14.7. The zero-order chi connectivity index (χ0) is 13.1. The lowest BCUT2D eigenvalue weighted by Crippen LogP contribution is -2.41. The summed E-state index contributed by atoms with van der Waals surface area (Å²) in [4.78, 5) is 0. The van der Waals surface area contributed by atoms with Crippen LogP contribution in [0.25, 0.3) is 10.8 Å². The average Bonchev–Trinajstić information content (AvgIpc) is 2.64. The number of nitrogens with two attached hydrogens (primary N) is 1. The van der Waals surface area contributed by atoms with Crippen LogP contribution in [0.3, 0.4) is 0 Å². The van der Waals surface area contributed by atoms with E-state index in [0.717, 1.165) is 6.42 Å². The van der Waals surface area contributed by atoms with Crippen LogP contribution < -0.4 is 5.73 Å². The van der Waals surface area contributed by atoms with E-state index >= 15 is 0 Å². The van der Waals surface area contributed by atoms with Gasteiger partial charge in [0.1, 0.15) is 0 Å². The second-order valence-corrected chi connectivity index (χ2v) is 6.09. The summed E-state index contributed by atoms with van der Waals surface area (Å²) in [6.07, 6.45) is 8.67. The second-order valence-electron chi connectivity index (χ2n) is 6.09. The molecule has 0 unspecified atom stereocenters. The quantitative estimate of drug-likeness (QED) is 0.787. The van der Waals surface area contributed by atoms with E-state index in [1.165, 1.54) is 54.9 Å². The lowest BCUT2D eigenvalue weighted by Gasteiger charge is -2.28. The molecular formula is C18H23N. The number of rotatable bonds is 2.